The summed E-state index contributed by atoms with van der Waals surface area (Å²) in [5, 5.41) is 14.6. The molecule has 0 aliphatic rings. The molecule has 0 aliphatic heterocycles. The van der Waals surface area contributed by atoms with E-state index in [0.717, 1.165) is 11.1 Å². The first kappa shape index (κ1) is 19.8. The van der Waals surface area contributed by atoms with Gasteiger partial charge in [0.2, 0.25) is 0 Å². The number of nitrogens with zero attached hydrogens (tertiary/aromatic N) is 2. The van der Waals surface area contributed by atoms with Crippen LogP contribution in [0.4, 0.5) is 5.69 Å². The molecule has 3 aromatic rings. The summed E-state index contributed by atoms with van der Waals surface area (Å²) in [6, 6.07) is 23.4. The first-order chi connectivity index (χ1) is 14.0. The lowest BCUT2D eigenvalue weighted by molar-refractivity contribution is -0.384. The van der Waals surface area contributed by atoms with Gasteiger partial charge in [-0.2, -0.15) is 5.10 Å². The van der Waals surface area contributed by atoms with E-state index in [4.69, 9.17) is 4.74 Å². The Morgan fingerprint density at radius 2 is 1.72 bits per heavy atom. The quantitative estimate of drug-likeness (QED) is 0.373. The molecule has 1 atom stereocenters. The minimum atomic E-state index is -0.764. The zero-order valence-electron chi connectivity index (χ0n) is 15.7. The molecule has 0 saturated carbocycles. The second-order valence-electron chi connectivity index (χ2n) is 6.24. The maximum atomic E-state index is 12.1. The van der Waals surface area contributed by atoms with E-state index in [1.165, 1.54) is 18.3 Å². The normalized spacial score (nSPS) is 11.8. The van der Waals surface area contributed by atoms with Crippen LogP contribution in [-0.4, -0.2) is 23.1 Å². The van der Waals surface area contributed by atoms with Crippen molar-refractivity contribution in [2.45, 2.75) is 13.0 Å². The van der Waals surface area contributed by atoms with E-state index in [1.807, 2.05) is 42.5 Å². The molecule has 0 aliphatic carbocycles. The molecule has 7 heteroatoms. The van der Waals surface area contributed by atoms with Crippen molar-refractivity contribution in [3.63, 3.8) is 0 Å². The molecule has 0 unspecified atom stereocenters. The van der Waals surface area contributed by atoms with Crippen LogP contribution in [0, 0.1) is 10.1 Å². The van der Waals surface area contributed by atoms with Crippen molar-refractivity contribution in [3.8, 4) is 16.9 Å². The van der Waals surface area contributed by atoms with Crippen LogP contribution in [0.2, 0.25) is 0 Å². The highest BCUT2D eigenvalue weighted by Gasteiger charge is 2.14. The molecule has 0 aromatic heterocycles. The van der Waals surface area contributed by atoms with Crippen molar-refractivity contribution in [2.24, 2.45) is 5.10 Å². The Hall–Kier alpha value is -4.00. The molecule has 3 rings (SSSR count). The van der Waals surface area contributed by atoms with Crippen molar-refractivity contribution >= 4 is 17.8 Å². The van der Waals surface area contributed by atoms with Gasteiger partial charge < -0.3 is 4.74 Å². The first-order valence-corrected chi connectivity index (χ1v) is 8.92. The van der Waals surface area contributed by atoms with Gasteiger partial charge in [0, 0.05) is 17.7 Å². The number of hydrazone groups is 1. The number of carbonyl (C=O) groups is 1. The lowest BCUT2D eigenvalue weighted by Gasteiger charge is -2.13. The topological polar surface area (TPSA) is 93.8 Å². The largest absolute Gasteiger partial charge is 0.481 e. The molecule has 0 fully saturated rings. The number of non-ortho nitro benzene ring substituents is 1. The van der Waals surface area contributed by atoms with Gasteiger partial charge in [-0.1, -0.05) is 54.6 Å². The van der Waals surface area contributed by atoms with Gasteiger partial charge in [0.1, 0.15) is 5.75 Å². The lowest BCUT2D eigenvalue weighted by Crippen LogP contribution is -2.33. The molecule has 146 valence electrons. The molecule has 3 aromatic carbocycles. The Morgan fingerprint density at radius 1 is 1.03 bits per heavy atom. The van der Waals surface area contributed by atoms with Gasteiger partial charge in [0.05, 0.1) is 11.1 Å². The van der Waals surface area contributed by atoms with Crippen molar-refractivity contribution < 1.29 is 14.5 Å². The number of hydrogen-bond donors (Lipinski definition) is 1. The average Bonchev–Trinajstić information content (AvgIpc) is 2.75. The summed E-state index contributed by atoms with van der Waals surface area (Å²) >= 11 is 0. The van der Waals surface area contributed by atoms with Crippen LogP contribution < -0.4 is 10.2 Å². The van der Waals surface area contributed by atoms with Crippen LogP contribution in [0.5, 0.6) is 5.75 Å². The van der Waals surface area contributed by atoms with Gasteiger partial charge in [-0.25, -0.2) is 5.43 Å². The Bertz CT molecular complexity index is 1020. The maximum absolute atomic E-state index is 12.1. The summed E-state index contributed by atoms with van der Waals surface area (Å²) in [6.07, 6.45) is 0.576. The molecule has 7 nitrogen and oxygen atoms in total. The molecule has 0 saturated heterocycles. The number of carbonyl (C=O) groups excluding carboxylic acids is 1. The zero-order chi connectivity index (χ0) is 20.6. The van der Waals surface area contributed by atoms with Gasteiger partial charge in [0.25, 0.3) is 11.6 Å². The SMILES string of the molecule is C[C@H](Oc1ccc(-c2ccccc2)cc1)C(=O)N/N=C\c1cccc([N+](=O)[O-])c1. The number of hydrogen-bond acceptors (Lipinski definition) is 5. The number of nitro benzene ring substituents is 1. The first-order valence-electron chi connectivity index (χ1n) is 8.92. The van der Waals surface area contributed by atoms with Crippen LogP contribution >= 0.6 is 0 Å². The van der Waals surface area contributed by atoms with E-state index in [2.05, 4.69) is 10.5 Å². The van der Waals surface area contributed by atoms with Crippen molar-refractivity contribution in [1.82, 2.24) is 5.43 Å². The maximum Gasteiger partial charge on any atom is 0.280 e. The minimum Gasteiger partial charge on any atom is -0.481 e. The van der Waals surface area contributed by atoms with E-state index in [9.17, 15) is 14.9 Å². The molecule has 1 amide bonds. The summed E-state index contributed by atoms with van der Waals surface area (Å²) in [6.45, 7) is 1.61. The monoisotopic (exact) mass is 389 g/mol. The lowest BCUT2D eigenvalue weighted by atomic mass is 10.1. The predicted octanol–water partition coefficient (Wildman–Crippen LogP) is 4.18. The van der Waals surface area contributed by atoms with Gasteiger partial charge in [0.15, 0.2) is 6.10 Å². The van der Waals surface area contributed by atoms with Gasteiger partial charge in [-0.05, 0) is 30.2 Å². The molecule has 0 bridgehead atoms. The number of nitro groups is 1. The minimum absolute atomic E-state index is 0.0454. The highest BCUT2D eigenvalue weighted by molar-refractivity contribution is 5.84. The van der Waals surface area contributed by atoms with E-state index >= 15 is 0 Å². The number of ether oxygens (including phenoxy) is 1. The third kappa shape index (κ3) is 5.49. The standard InChI is InChI=1S/C22H19N3O4/c1-16(22(26)24-23-15-17-6-5-9-20(14-17)25(27)28)29-21-12-10-19(11-13-21)18-7-3-2-4-8-18/h2-16H,1H3,(H,24,26)/b23-15-/t16-/m0/s1. The molecule has 29 heavy (non-hydrogen) atoms. The fourth-order valence-electron chi connectivity index (χ4n) is 2.59. The second-order valence-corrected chi connectivity index (χ2v) is 6.24. The van der Waals surface area contributed by atoms with E-state index in [1.54, 1.807) is 31.2 Å². The molecule has 0 heterocycles. The van der Waals surface area contributed by atoms with Crippen LogP contribution in [0.25, 0.3) is 11.1 Å². The number of rotatable bonds is 7. The molecular weight excluding hydrogens is 370 g/mol. The van der Waals surface area contributed by atoms with Crippen LogP contribution in [0.15, 0.2) is 84.0 Å². The third-order valence-corrected chi connectivity index (χ3v) is 4.11. The van der Waals surface area contributed by atoms with E-state index in [0.29, 0.717) is 11.3 Å². The van der Waals surface area contributed by atoms with Crippen LogP contribution in [0.1, 0.15) is 12.5 Å². The van der Waals surface area contributed by atoms with Gasteiger partial charge in [-0.15, -0.1) is 0 Å². The predicted molar refractivity (Wildman–Crippen MR) is 111 cm³/mol. The zero-order valence-corrected chi connectivity index (χ0v) is 15.7. The summed E-state index contributed by atoms with van der Waals surface area (Å²) in [7, 11) is 0. The Kier molecular flexibility index (Phi) is 6.32. The number of nitrogens with one attached hydrogen (secondary N) is 1. The van der Waals surface area contributed by atoms with Crippen molar-refractivity contribution in [2.75, 3.05) is 0 Å². The number of amides is 1. The molecule has 0 spiro atoms. The highest BCUT2D eigenvalue weighted by atomic mass is 16.6. The fraction of sp³-hybridized carbons (Fsp3) is 0.0909. The third-order valence-electron chi connectivity index (χ3n) is 4.11. The smallest absolute Gasteiger partial charge is 0.280 e. The Labute approximate surface area is 167 Å². The molecule has 1 N–H and O–H groups in total. The van der Waals surface area contributed by atoms with Crippen molar-refractivity contribution in [3.05, 3.63) is 94.5 Å². The Morgan fingerprint density at radius 3 is 2.41 bits per heavy atom. The fourth-order valence-corrected chi connectivity index (χ4v) is 2.59. The number of benzene rings is 3. The van der Waals surface area contributed by atoms with Crippen LogP contribution in [-0.2, 0) is 4.79 Å². The summed E-state index contributed by atoms with van der Waals surface area (Å²) < 4.78 is 5.65. The van der Waals surface area contributed by atoms with Gasteiger partial charge >= 0.3 is 0 Å². The van der Waals surface area contributed by atoms with Crippen LogP contribution in [0.3, 0.4) is 0 Å². The summed E-state index contributed by atoms with van der Waals surface area (Å²) in [5.74, 6) is 0.133. The van der Waals surface area contributed by atoms with Gasteiger partial charge in [-0.3, -0.25) is 14.9 Å². The summed E-state index contributed by atoms with van der Waals surface area (Å²) in [5.41, 5.74) is 4.98. The van der Waals surface area contributed by atoms with Crippen molar-refractivity contribution in [1.29, 1.82) is 0 Å². The highest BCUT2D eigenvalue weighted by Crippen LogP contribution is 2.22. The van der Waals surface area contributed by atoms with E-state index < -0.39 is 16.9 Å². The van der Waals surface area contributed by atoms with E-state index in [-0.39, 0.29) is 5.69 Å². The Balaban J connectivity index is 1.55. The molecular formula is C22H19N3O4. The second kappa shape index (κ2) is 9.27. The average molecular weight is 389 g/mol. The molecule has 0 radical (unpaired) electrons. The summed E-state index contributed by atoms with van der Waals surface area (Å²) in [4.78, 5) is 22.4.